The largest absolute Gasteiger partial charge is 0.378 e. The second-order valence-corrected chi connectivity index (χ2v) is 7.68. The molecule has 0 N–H and O–H groups in total. The molecule has 2 aromatic heterocycles. The first-order valence-corrected chi connectivity index (χ1v) is 9.22. The van der Waals surface area contributed by atoms with Crippen LogP contribution in [-0.4, -0.2) is 43.3 Å². The molecule has 0 amide bonds. The lowest BCUT2D eigenvalue weighted by atomic mass is 10.1. The Bertz CT molecular complexity index is 943. The zero-order valence-corrected chi connectivity index (χ0v) is 14.5. The van der Waals surface area contributed by atoms with E-state index in [1.165, 1.54) is 12.3 Å². The molecule has 0 aliphatic carbocycles. The number of benzene rings is 1. The van der Waals surface area contributed by atoms with Crippen LogP contribution in [0, 0.1) is 0 Å². The van der Waals surface area contributed by atoms with E-state index in [0.717, 1.165) is 28.9 Å². The van der Waals surface area contributed by atoms with Crippen LogP contribution in [0.2, 0.25) is 0 Å². The van der Waals surface area contributed by atoms with Crippen LogP contribution in [0.15, 0.2) is 60.1 Å². The van der Waals surface area contributed by atoms with Crippen molar-refractivity contribution in [3.63, 3.8) is 0 Å². The number of sulfone groups is 1. The van der Waals surface area contributed by atoms with Gasteiger partial charge in [-0.25, -0.2) is 18.4 Å². The predicted molar refractivity (Wildman–Crippen MR) is 94.2 cm³/mol. The quantitative estimate of drug-likeness (QED) is 0.728. The monoisotopic (exact) mass is 342 g/mol. The molecular formula is C17H18N4O2S. The van der Waals surface area contributed by atoms with Crippen molar-refractivity contribution in [2.45, 2.75) is 5.03 Å². The molecule has 0 bridgehead atoms. The molecule has 2 heterocycles. The zero-order valence-electron chi connectivity index (χ0n) is 13.7. The second kappa shape index (κ2) is 6.09. The van der Waals surface area contributed by atoms with Gasteiger partial charge in [-0.2, -0.15) is 0 Å². The van der Waals surface area contributed by atoms with Crippen molar-refractivity contribution in [3.8, 4) is 16.9 Å². The topological polar surface area (TPSA) is 68.1 Å². The maximum Gasteiger partial charge on any atom is 0.192 e. The van der Waals surface area contributed by atoms with Crippen LogP contribution in [0.3, 0.4) is 0 Å². The molecule has 0 atom stereocenters. The summed E-state index contributed by atoms with van der Waals surface area (Å²) in [5.74, 6) is 0. The third kappa shape index (κ3) is 3.16. The van der Waals surface area contributed by atoms with Crippen LogP contribution in [-0.2, 0) is 9.84 Å². The minimum Gasteiger partial charge on any atom is -0.378 e. The summed E-state index contributed by atoms with van der Waals surface area (Å²) in [7, 11) is 0.684. The Hall–Kier alpha value is -2.67. The molecule has 3 aromatic rings. The van der Waals surface area contributed by atoms with Crippen molar-refractivity contribution in [3.05, 3.63) is 55.1 Å². The van der Waals surface area contributed by atoms with Crippen molar-refractivity contribution in [1.82, 2.24) is 14.5 Å². The molecule has 3 rings (SSSR count). The van der Waals surface area contributed by atoms with Gasteiger partial charge < -0.3 is 4.90 Å². The minimum absolute atomic E-state index is 0.0586. The molecule has 0 radical (unpaired) electrons. The Labute approximate surface area is 141 Å². The Morgan fingerprint density at radius 1 is 1.00 bits per heavy atom. The Morgan fingerprint density at radius 3 is 2.25 bits per heavy atom. The molecule has 1 aromatic carbocycles. The fraction of sp³-hybridized carbons (Fsp3) is 0.176. The molecule has 0 fully saturated rings. The average molecular weight is 342 g/mol. The van der Waals surface area contributed by atoms with Gasteiger partial charge in [0.05, 0.1) is 30.1 Å². The summed E-state index contributed by atoms with van der Waals surface area (Å²) in [5.41, 5.74) is 3.80. The molecule has 0 unspecified atom stereocenters. The maximum absolute atomic E-state index is 11.5. The summed E-state index contributed by atoms with van der Waals surface area (Å²) in [5, 5.41) is 0.0586. The molecule has 24 heavy (non-hydrogen) atoms. The second-order valence-electron chi connectivity index (χ2n) is 5.72. The van der Waals surface area contributed by atoms with Crippen molar-refractivity contribution in [2.75, 3.05) is 25.3 Å². The summed E-state index contributed by atoms with van der Waals surface area (Å²) in [6, 6.07) is 11.4. The van der Waals surface area contributed by atoms with E-state index in [1.54, 1.807) is 18.6 Å². The van der Waals surface area contributed by atoms with Gasteiger partial charge in [-0.3, -0.25) is 4.57 Å². The van der Waals surface area contributed by atoms with E-state index < -0.39 is 9.84 Å². The normalized spacial score (nSPS) is 11.5. The average Bonchev–Trinajstić information content (AvgIpc) is 3.04. The van der Waals surface area contributed by atoms with E-state index in [4.69, 9.17) is 0 Å². The van der Waals surface area contributed by atoms with E-state index in [0.29, 0.717) is 0 Å². The van der Waals surface area contributed by atoms with E-state index >= 15 is 0 Å². The predicted octanol–water partition coefficient (Wildman–Crippen LogP) is 2.40. The highest BCUT2D eigenvalue weighted by Gasteiger charge is 2.11. The fourth-order valence-corrected chi connectivity index (χ4v) is 2.94. The number of rotatable bonds is 4. The number of anilines is 1. The van der Waals surface area contributed by atoms with Gasteiger partial charge in [0, 0.05) is 31.6 Å². The number of hydrogen-bond donors (Lipinski definition) is 0. The van der Waals surface area contributed by atoms with Crippen LogP contribution in [0.5, 0.6) is 0 Å². The van der Waals surface area contributed by atoms with Crippen LogP contribution in [0.25, 0.3) is 16.9 Å². The minimum atomic E-state index is -3.30. The van der Waals surface area contributed by atoms with E-state index in [-0.39, 0.29) is 5.03 Å². The molecule has 0 aliphatic rings. The van der Waals surface area contributed by atoms with Gasteiger partial charge in [0.1, 0.15) is 0 Å². The number of hydrogen-bond acceptors (Lipinski definition) is 5. The van der Waals surface area contributed by atoms with Crippen LogP contribution in [0.4, 0.5) is 5.69 Å². The molecule has 0 spiro atoms. The van der Waals surface area contributed by atoms with Gasteiger partial charge in [0.15, 0.2) is 14.9 Å². The van der Waals surface area contributed by atoms with Crippen LogP contribution < -0.4 is 4.90 Å². The van der Waals surface area contributed by atoms with Crippen molar-refractivity contribution in [2.24, 2.45) is 0 Å². The van der Waals surface area contributed by atoms with Gasteiger partial charge in [0.2, 0.25) is 0 Å². The van der Waals surface area contributed by atoms with Gasteiger partial charge in [-0.1, -0.05) is 12.1 Å². The van der Waals surface area contributed by atoms with E-state index in [2.05, 4.69) is 9.97 Å². The SMILES string of the molecule is CN(C)c1ccc(-c2cncn2-c2ccc(S(C)(=O)=O)nc2)cc1. The maximum atomic E-state index is 11.5. The van der Waals surface area contributed by atoms with E-state index in [1.807, 2.05) is 47.8 Å². The number of imidazole rings is 1. The summed E-state index contributed by atoms with van der Waals surface area (Å²) in [6.45, 7) is 0. The summed E-state index contributed by atoms with van der Waals surface area (Å²) >= 11 is 0. The smallest absolute Gasteiger partial charge is 0.192 e. The summed E-state index contributed by atoms with van der Waals surface area (Å²) < 4.78 is 24.9. The van der Waals surface area contributed by atoms with Gasteiger partial charge >= 0.3 is 0 Å². The molecule has 0 saturated heterocycles. The molecular weight excluding hydrogens is 324 g/mol. The molecule has 124 valence electrons. The lowest BCUT2D eigenvalue weighted by Crippen LogP contribution is -2.08. The van der Waals surface area contributed by atoms with Crippen LogP contribution >= 0.6 is 0 Å². The Balaban J connectivity index is 1.98. The van der Waals surface area contributed by atoms with Gasteiger partial charge in [-0.05, 0) is 24.3 Å². The van der Waals surface area contributed by atoms with Crippen molar-refractivity contribution in [1.29, 1.82) is 0 Å². The van der Waals surface area contributed by atoms with Crippen molar-refractivity contribution >= 4 is 15.5 Å². The zero-order chi connectivity index (χ0) is 17.3. The first-order chi connectivity index (χ1) is 11.4. The van der Waals surface area contributed by atoms with Crippen LogP contribution in [0.1, 0.15) is 0 Å². The first-order valence-electron chi connectivity index (χ1n) is 7.33. The molecule has 6 nitrogen and oxygen atoms in total. The highest BCUT2D eigenvalue weighted by atomic mass is 32.2. The third-order valence-corrected chi connectivity index (χ3v) is 4.70. The summed E-state index contributed by atoms with van der Waals surface area (Å²) in [4.78, 5) is 10.3. The fourth-order valence-electron chi connectivity index (χ4n) is 2.38. The molecule has 0 aliphatic heterocycles. The molecule has 7 heteroatoms. The lowest BCUT2D eigenvalue weighted by Gasteiger charge is -2.13. The third-order valence-electron chi connectivity index (χ3n) is 3.70. The molecule has 0 saturated carbocycles. The number of pyridine rings is 1. The van der Waals surface area contributed by atoms with Gasteiger partial charge in [-0.15, -0.1) is 0 Å². The standard InChI is InChI=1S/C17H18N4O2S/c1-20(2)14-6-4-13(5-7-14)16-11-18-12-21(16)15-8-9-17(19-10-15)24(3,22)23/h4-12H,1-3H3. The first kappa shape index (κ1) is 16.2. The lowest BCUT2D eigenvalue weighted by molar-refractivity contribution is 0.598. The highest BCUT2D eigenvalue weighted by Crippen LogP contribution is 2.25. The van der Waals surface area contributed by atoms with Gasteiger partial charge in [0.25, 0.3) is 0 Å². The number of aromatic nitrogens is 3. The Morgan fingerprint density at radius 2 is 1.71 bits per heavy atom. The number of nitrogens with zero attached hydrogens (tertiary/aromatic N) is 4. The highest BCUT2D eigenvalue weighted by molar-refractivity contribution is 7.90. The summed E-state index contributed by atoms with van der Waals surface area (Å²) in [6.07, 6.45) is 6.14. The van der Waals surface area contributed by atoms with E-state index in [9.17, 15) is 8.42 Å². The van der Waals surface area contributed by atoms with Crippen molar-refractivity contribution < 1.29 is 8.42 Å². The Kier molecular flexibility index (Phi) is 4.11.